The van der Waals surface area contributed by atoms with Crippen LogP contribution in [0.5, 0.6) is 0 Å². The first-order chi connectivity index (χ1) is 12.1. The number of nitrogens with one attached hydrogen (secondary N) is 2. The predicted molar refractivity (Wildman–Crippen MR) is 96.9 cm³/mol. The van der Waals surface area contributed by atoms with Gasteiger partial charge in [0.25, 0.3) is 5.91 Å². The van der Waals surface area contributed by atoms with Crippen LogP contribution in [0.4, 0.5) is 16.3 Å². The van der Waals surface area contributed by atoms with Gasteiger partial charge in [0.05, 0.1) is 0 Å². The second-order valence-corrected chi connectivity index (χ2v) is 5.99. The van der Waals surface area contributed by atoms with Gasteiger partial charge in [-0.25, -0.2) is 9.78 Å². The molecule has 0 unspecified atom stereocenters. The van der Waals surface area contributed by atoms with E-state index in [1.165, 1.54) is 0 Å². The van der Waals surface area contributed by atoms with Gasteiger partial charge in [-0.15, -0.1) is 0 Å². The van der Waals surface area contributed by atoms with Crippen LogP contribution in [0.25, 0.3) is 0 Å². The van der Waals surface area contributed by atoms with E-state index in [2.05, 4.69) is 15.6 Å². The van der Waals surface area contributed by atoms with Crippen LogP contribution in [0, 0.1) is 0 Å². The summed E-state index contributed by atoms with van der Waals surface area (Å²) in [6, 6.07) is 10.7. The second-order valence-electron chi connectivity index (χ2n) is 5.99. The van der Waals surface area contributed by atoms with Gasteiger partial charge >= 0.3 is 6.03 Å². The lowest BCUT2D eigenvalue weighted by Crippen LogP contribution is -2.28. The summed E-state index contributed by atoms with van der Waals surface area (Å²) in [5, 5.41) is 5.67. The Kier molecular flexibility index (Phi) is 4.83. The van der Waals surface area contributed by atoms with Crippen molar-refractivity contribution >= 4 is 23.4 Å². The van der Waals surface area contributed by atoms with E-state index in [1.54, 1.807) is 35.4 Å². The largest absolute Gasteiger partial charge is 0.362 e. The van der Waals surface area contributed by atoms with E-state index in [9.17, 15) is 9.59 Å². The van der Waals surface area contributed by atoms with Crippen LogP contribution in [0.3, 0.4) is 0 Å². The molecule has 0 spiro atoms. The van der Waals surface area contributed by atoms with Crippen LogP contribution >= 0.6 is 0 Å². The van der Waals surface area contributed by atoms with Gasteiger partial charge in [-0.1, -0.05) is 6.07 Å². The SMILES string of the molecule is CN(C)c1ncccc1CNC(=O)c1ccc(N2CCNC2=O)cc1. The summed E-state index contributed by atoms with van der Waals surface area (Å²) >= 11 is 0. The van der Waals surface area contributed by atoms with E-state index < -0.39 is 0 Å². The van der Waals surface area contributed by atoms with Crippen LogP contribution in [-0.2, 0) is 6.54 Å². The molecule has 2 heterocycles. The van der Waals surface area contributed by atoms with Crippen molar-refractivity contribution in [2.45, 2.75) is 6.54 Å². The Bertz CT molecular complexity index is 773. The van der Waals surface area contributed by atoms with Crippen molar-refractivity contribution in [3.63, 3.8) is 0 Å². The molecule has 25 heavy (non-hydrogen) atoms. The summed E-state index contributed by atoms with van der Waals surface area (Å²) in [6.07, 6.45) is 1.73. The molecule has 0 atom stereocenters. The number of anilines is 2. The third-order valence-corrected chi connectivity index (χ3v) is 4.03. The third kappa shape index (κ3) is 3.71. The van der Waals surface area contributed by atoms with Crippen molar-refractivity contribution in [2.24, 2.45) is 0 Å². The Morgan fingerprint density at radius 3 is 2.68 bits per heavy atom. The maximum Gasteiger partial charge on any atom is 0.321 e. The lowest BCUT2D eigenvalue weighted by atomic mass is 10.1. The molecule has 1 aliphatic rings. The number of amides is 3. The summed E-state index contributed by atoms with van der Waals surface area (Å²) in [6.45, 7) is 1.68. The Morgan fingerprint density at radius 1 is 1.28 bits per heavy atom. The van der Waals surface area contributed by atoms with Crippen molar-refractivity contribution < 1.29 is 9.59 Å². The van der Waals surface area contributed by atoms with E-state index >= 15 is 0 Å². The monoisotopic (exact) mass is 339 g/mol. The van der Waals surface area contributed by atoms with Gasteiger partial charge in [0.1, 0.15) is 5.82 Å². The van der Waals surface area contributed by atoms with Crippen LogP contribution < -0.4 is 20.4 Å². The maximum atomic E-state index is 12.4. The average molecular weight is 339 g/mol. The quantitative estimate of drug-likeness (QED) is 0.867. The number of carbonyl (C=O) groups excluding carboxylic acids is 2. The fourth-order valence-electron chi connectivity index (χ4n) is 2.76. The minimum atomic E-state index is -0.161. The first kappa shape index (κ1) is 16.8. The van der Waals surface area contributed by atoms with Crippen molar-refractivity contribution in [1.82, 2.24) is 15.6 Å². The van der Waals surface area contributed by atoms with Gasteiger partial charge in [-0.3, -0.25) is 9.69 Å². The molecular formula is C18H21N5O2. The van der Waals surface area contributed by atoms with Crippen LogP contribution in [-0.4, -0.2) is 44.1 Å². The molecule has 0 bridgehead atoms. The van der Waals surface area contributed by atoms with Gasteiger partial charge < -0.3 is 15.5 Å². The lowest BCUT2D eigenvalue weighted by molar-refractivity contribution is 0.0951. The minimum absolute atomic E-state index is 0.106. The number of aromatic nitrogens is 1. The molecule has 130 valence electrons. The molecule has 2 N–H and O–H groups in total. The third-order valence-electron chi connectivity index (χ3n) is 4.03. The Hall–Kier alpha value is -3.09. The maximum absolute atomic E-state index is 12.4. The zero-order chi connectivity index (χ0) is 17.8. The molecule has 0 radical (unpaired) electrons. The van der Waals surface area contributed by atoms with Crippen molar-refractivity contribution in [1.29, 1.82) is 0 Å². The van der Waals surface area contributed by atoms with Crippen molar-refractivity contribution in [3.05, 3.63) is 53.7 Å². The topological polar surface area (TPSA) is 77.6 Å². The number of benzene rings is 1. The zero-order valence-electron chi connectivity index (χ0n) is 14.3. The standard InChI is InChI=1S/C18H21N5O2/c1-22(2)16-14(4-3-9-19-16)12-21-17(24)13-5-7-15(8-6-13)23-11-10-20-18(23)25/h3-9H,10-12H2,1-2H3,(H,20,25)(H,21,24). The van der Waals surface area contributed by atoms with E-state index in [4.69, 9.17) is 0 Å². The molecule has 1 aliphatic heterocycles. The number of carbonyl (C=O) groups is 2. The lowest BCUT2D eigenvalue weighted by Gasteiger charge is -2.16. The van der Waals surface area contributed by atoms with Gasteiger partial charge in [0.2, 0.25) is 0 Å². The Labute approximate surface area is 146 Å². The van der Waals surface area contributed by atoms with Crippen molar-refractivity contribution in [2.75, 3.05) is 37.0 Å². The summed E-state index contributed by atoms with van der Waals surface area (Å²) in [5.41, 5.74) is 2.29. The Balaban J connectivity index is 1.65. The molecular weight excluding hydrogens is 318 g/mol. The zero-order valence-corrected chi connectivity index (χ0v) is 14.3. The molecule has 1 aromatic carbocycles. The smallest absolute Gasteiger partial charge is 0.321 e. The molecule has 0 aliphatic carbocycles. The summed E-state index contributed by atoms with van der Waals surface area (Å²) in [7, 11) is 3.84. The highest BCUT2D eigenvalue weighted by molar-refractivity contribution is 5.97. The fourth-order valence-corrected chi connectivity index (χ4v) is 2.76. The number of pyridine rings is 1. The molecule has 1 fully saturated rings. The highest BCUT2D eigenvalue weighted by atomic mass is 16.2. The molecule has 3 rings (SSSR count). The average Bonchev–Trinajstić information content (AvgIpc) is 3.06. The summed E-state index contributed by atoms with van der Waals surface area (Å²) < 4.78 is 0. The number of rotatable bonds is 5. The number of nitrogens with zero attached hydrogens (tertiary/aromatic N) is 3. The highest BCUT2D eigenvalue weighted by Gasteiger charge is 2.21. The number of urea groups is 1. The summed E-state index contributed by atoms with van der Waals surface area (Å²) in [4.78, 5) is 31.9. The second kappa shape index (κ2) is 7.21. The van der Waals surface area contributed by atoms with Gasteiger partial charge in [-0.05, 0) is 30.3 Å². The number of hydrogen-bond donors (Lipinski definition) is 2. The van der Waals surface area contributed by atoms with Gasteiger partial charge in [0, 0.05) is 56.7 Å². The highest BCUT2D eigenvalue weighted by Crippen LogP contribution is 2.18. The van der Waals surface area contributed by atoms with E-state index in [0.29, 0.717) is 25.2 Å². The Morgan fingerprint density at radius 2 is 2.04 bits per heavy atom. The van der Waals surface area contributed by atoms with Crippen LogP contribution in [0.1, 0.15) is 15.9 Å². The van der Waals surface area contributed by atoms with E-state index in [1.807, 2.05) is 31.1 Å². The molecule has 7 heteroatoms. The van der Waals surface area contributed by atoms with Crippen LogP contribution in [0.2, 0.25) is 0 Å². The van der Waals surface area contributed by atoms with Crippen LogP contribution in [0.15, 0.2) is 42.6 Å². The number of hydrogen-bond acceptors (Lipinski definition) is 4. The van der Waals surface area contributed by atoms with Gasteiger partial charge in [0.15, 0.2) is 0 Å². The molecule has 0 saturated carbocycles. The first-order valence-electron chi connectivity index (χ1n) is 8.11. The normalized spacial score (nSPS) is 13.5. The van der Waals surface area contributed by atoms with Crippen molar-refractivity contribution in [3.8, 4) is 0 Å². The molecule has 1 saturated heterocycles. The predicted octanol–water partition coefficient (Wildman–Crippen LogP) is 1.61. The molecule has 3 amide bonds. The molecule has 7 nitrogen and oxygen atoms in total. The molecule has 1 aromatic heterocycles. The fraction of sp³-hybridized carbons (Fsp3) is 0.278. The van der Waals surface area contributed by atoms with E-state index in [0.717, 1.165) is 17.1 Å². The van der Waals surface area contributed by atoms with Gasteiger partial charge in [-0.2, -0.15) is 0 Å². The van der Waals surface area contributed by atoms with E-state index in [-0.39, 0.29) is 11.9 Å². The summed E-state index contributed by atoms with van der Waals surface area (Å²) in [5.74, 6) is 0.671. The molecule has 2 aromatic rings. The first-order valence-corrected chi connectivity index (χ1v) is 8.11. The minimum Gasteiger partial charge on any atom is -0.362 e.